The summed E-state index contributed by atoms with van der Waals surface area (Å²) in [5.41, 5.74) is 1.33. The smallest absolute Gasteiger partial charge is 0.260 e. The highest BCUT2D eigenvalue weighted by Gasteiger charge is 2.26. The quantitative estimate of drug-likeness (QED) is 0.574. The fourth-order valence-corrected chi connectivity index (χ4v) is 3.21. The van der Waals surface area contributed by atoms with Crippen LogP contribution in [0.25, 0.3) is 0 Å². The summed E-state index contributed by atoms with van der Waals surface area (Å²) in [4.78, 5) is 3.92. The molecule has 4 N–H and O–H groups in total. The van der Waals surface area contributed by atoms with Gasteiger partial charge >= 0.3 is 0 Å². The highest BCUT2D eigenvalue weighted by atomic mass is 32.2. The lowest BCUT2D eigenvalue weighted by Crippen LogP contribution is -2.29. The van der Waals surface area contributed by atoms with Gasteiger partial charge in [-0.15, -0.1) is 0 Å². The van der Waals surface area contributed by atoms with Gasteiger partial charge in [0, 0.05) is 17.8 Å². The molecule has 2 heterocycles. The molecule has 0 saturated heterocycles. The first-order valence-corrected chi connectivity index (χ1v) is 7.50. The van der Waals surface area contributed by atoms with Crippen LogP contribution < -0.4 is 10.0 Å². The molecule has 0 radical (unpaired) electrons. The molecule has 0 bridgehead atoms. The molecular weight excluding hydrogens is 282 g/mol. The molecule has 0 aliphatic heterocycles. The van der Waals surface area contributed by atoms with E-state index in [1.165, 1.54) is 6.33 Å². The Morgan fingerprint density at radius 3 is 2.75 bits per heavy atom. The first-order chi connectivity index (χ1) is 9.45. The Morgan fingerprint density at radius 1 is 1.40 bits per heavy atom. The first kappa shape index (κ1) is 14.6. The van der Waals surface area contributed by atoms with Crippen LogP contribution in [0.3, 0.4) is 0 Å². The number of rotatable bonds is 6. The van der Waals surface area contributed by atoms with Crippen LogP contribution in [0.15, 0.2) is 11.4 Å². The molecule has 1 unspecified atom stereocenters. The van der Waals surface area contributed by atoms with E-state index in [4.69, 9.17) is 0 Å². The van der Waals surface area contributed by atoms with Gasteiger partial charge < -0.3 is 5.32 Å². The van der Waals surface area contributed by atoms with E-state index in [-0.39, 0.29) is 5.03 Å². The lowest BCUT2D eigenvalue weighted by Gasteiger charge is -2.11. The highest BCUT2D eigenvalue weighted by molar-refractivity contribution is 7.89. The van der Waals surface area contributed by atoms with Crippen LogP contribution >= 0.6 is 0 Å². The van der Waals surface area contributed by atoms with Gasteiger partial charge in [-0.1, -0.05) is 0 Å². The number of aromatic amines is 2. The number of nitrogens with zero attached hydrogens (tertiary/aromatic N) is 3. The van der Waals surface area contributed by atoms with Crippen molar-refractivity contribution >= 4 is 10.0 Å². The predicted octanol–water partition coefficient (Wildman–Crippen LogP) is -0.405. The number of sulfonamides is 1. The summed E-state index contributed by atoms with van der Waals surface area (Å²) in [6.45, 7) is 3.86. The second-order valence-corrected chi connectivity index (χ2v) is 6.01. The van der Waals surface area contributed by atoms with Crippen LogP contribution in [0, 0.1) is 6.92 Å². The van der Waals surface area contributed by atoms with Gasteiger partial charge in [-0.25, -0.2) is 13.4 Å². The monoisotopic (exact) mass is 299 g/mol. The molecule has 9 nitrogen and oxygen atoms in total. The molecule has 2 aromatic rings. The van der Waals surface area contributed by atoms with Crippen molar-refractivity contribution in [1.29, 1.82) is 0 Å². The Kier molecular flexibility index (Phi) is 4.16. The third-order valence-electron chi connectivity index (χ3n) is 2.82. The minimum absolute atomic E-state index is 0.00397. The fraction of sp³-hybridized carbons (Fsp3) is 0.500. The maximum absolute atomic E-state index is 12.4. The summed E-state index contributed by atoms with van der Waals surface area (Å²) in [5.74, 6) is 0.441. The Bertz CT molecular complexity index is 662. The molecule has 0 aliphatic carbocycles. The molecule has 0 spiro atoms. The predicted molar refractivity (Wildman–Crippen MR) is 71.2 cm³/mol. The summed E-state index contributed by atoms with van der Waals surface area (Å²) < 4.78 is 27.2. The van der Waals surface area contributed by atoms with Crippen molar-refractivity contribution in [2.75, 3.05) is 7.05 Å². The third-order valence-corrected chi connectivity index (χ3v) is 4.33. The minimum Gasteiger partial charge on any atom is -0.316 e. The zero-order valence-electron chi connectivity index (χ0n) is 11.4. The van der Waals surface area contributed by atoms with E-state index in [1.54, 1.807) is 20.9 Å². The molecule has 10 heteroatoms. The molecule has 110 valence electrons. The van der Waals surface area contributed by atoms with Crippen molar-refractivity contribution < 1.29 is 8.42 Å². The van der Waals surface area contributed by atoms with Crippen molar-refractivity contribution in [3.8, 4) is 0 Å². The summed E-state index contributed by atoms with van der Waals surface area (Å²) >= 11 is 0. The fourth-order valence-electron chi connectivity index (χ4n) is 1.81. The van der Waals surface area contributed by atoms with E-state index in [9.17, 15) is 8.42 Å². The van der Waals surface area contributed by atoms with Gasteiger partial charge in [0.1, 0.15) is 12.2 Å². The van der Waals surface area contributed by atoms with Crippen molar-refractivity contribution in [1.82, 2.24) is 35.4 Å². The molecule has 0 aromatic carbocycles. The molecule has 2 aromatic heterocycles. The SMILES string of the molecule is CNCc1c(S(=O)(=O)NC(C)c2ncn[nH]2)n[nH]c1C. The number of aryl methyl sites for hydroxylation is 1. The zero-order chi connectivity index (χ0) is 14.8. The van der Waals surface area contributed by atoms with Gasteiger partial charge in [0.25, 0.3) is 10.0 Å². The topological polar surface area (TPSA) is 128 Å². The summed E-state index contributed by atoms with van der Waals surface area (Å²) in [7, 11) is -1.99. The van der Waals surface area contributed by atoms with E-state index in [2.05, 4.69) is 35.4 Å². The lowest BCUT2D eigenvalue weighted by atomic mass is 10.3. The minimum atomic E-state index is -3.74. The number of hydrogen-bond acceptors (Lipinski definition) is 6. The second kappa shape index (κ2) is 5.69. The van der Waals surface area contributed by atoms with Crippen molar-refractivity contribution in [3.63, 3.8) is 0 Å². The van der Waals surface area contributed by atoms with Gasteiger partial charge in [-0.3, -0.25) is 10.2 Å². The standard InChI is InChI=1S/C10H17N7O2S/c1-6-8(4-11-3)10(16-14-6)20(18,19)17-7(2)9-12-5-13-15-9/h5,7,11,17H,4H2,1-3H3,(H,14,16)(H,12,13,15). The second-order valence-electron chi connectivity index (χ2n) is 4.38. The first-order valence-electron chi connectivity index (χ1n) is 6.01. The van der Waals surface area contributed by atoms with Crippen molar-refractivity contribution in [2.45, 2.75) is 31.5 Å². The van der Waals surface area contributed by atoms with E-state index in [0.29, 0.717) is 23.6 Å². The summed E-state index contributed by atoms with van der Waals surface area (Å²) in [6.07, 6.45) is 1.32. The van der Waals surface area contributed by atoms with Crippen molar-refractivity contribution in [3.05, 3.63) is 23.4 Å². The number of aromatic nitrogens is 5. The molecule has 20 heavy (non-hydrogen) atoms. The van der Waals surface area contributed by atoms with Crippen LogP contribution in [0.4, 0.5) is 0 Å². The molecular formula is C10H17N7O2S. The summed E-state index contributed by atoms with van der Waals surface area (Å²) in [5, 5.41) is 15.8. The lowest BCUT2D eigenvalue weighted by molar-refractivity contribution is 0.554. The Hall–Kier alpha value is -1.78. The van der Waals surface area contributed by atoms with Gasteiger partial charge in [0.05, 0.1) is 6.04 Å². The third kappa shape index (κ3) is 2.86. The van der Waals surface area contributed by atoms with E-state index < -0.39 is 16.1 Å². The average Bonchev–Trinajstić information content (AvgIpc) is 3.00. The van der Waals surface area contributed by atoms with Gasteiger partial charge in [0.2, 0.25) is 0 Å². The van der Waals surface area contributed by atoms with Crippen molar-refractivity contribution in [2.24, 2.45) is 0 Å². The maximum Gasteiger partial charge on any atom is 0.260 e. The van der Waals surface area contributed by atoms with E-state index in [0.717, 1.165) is 0 Å². The molecule has 1 atom stereocenters. The van der Waals surface area contributed by atoms with Crippen LogP contribution in [0.1, 0.15) is 30.0 Å². The molecule has 0 saturated carbocycles. The molecule has 0 amide bonds. The molecule has 0 fully saturated rings. The number of hydrogen-bond donors (Lipinski definition) is 4. The van der Waals surface area contributed by atoms with Gasteiger partial charge in [-0.2, -0.15) is 14.9 Å². The van der Waals surface area contributed by atoms with E-state index in [1.807, 2.05) is 0 Å². The highest BCUT2D eigenvalue weighted by Crippen LogP contribution is 2.18. The number of nitrogens with one attached hydrogen (secondary N) is 4. The van der Waals surface area contributed by atoms with Crippen LogP contribution in [-0.2, 0) is 16.6 Å². The van der Waals surface area contributed by atoms with Gasteiger partial charge in [-0.05, 0) is 20.9 Å². The van der Waals surface area contributed by atoms with Crippen LogP contribution in [0.5, 0.6) is 0 Å². The molecule has 2 rings (SSSR count). The van der Waals surface area contributed by atoms with Crippen LogP contribution in [0.2, 0.25) is 0 Å². The average molecular weight is 299 g/mol. The maximum atomic E-state index is 12.4. The van der Waals surface area contributed by atoms with E-state index >= 15 is 0 Å². The normalized spacial score (nSPS) is 13.6. The Morgan fingerprint density at radius 2 is 2.15 bits per heavy atom. The Balaban J connectivity index is 2.27. The summed E-state index contributed by atoms with van der Waals surface area (Å²) in [6, 6.07) is -0.526. The molecule has 0 aliphatic rings. The largest absolute Gasteiger partial charge is 0.316 e. The number of H-pyrrole nitrogens is 2. The Labute approximate surface area is 116 Å². The van der Waals surface area contributed by atoms with Crippen LogP contribution in [-0.4, -0.2) is 40.8 Å². The zero-order valence-corrected chi connectivity index (χ0v) is 12.2. The van der Waals surface area contributed by atoms with Gasteiger partial charge in [0.15, 0.2) is 5.03 Å².